The summed E-state index contributed by atoms with van der Waals surface area (Å²) in [4.78, 5) is 24.1. The third kappa shape index (κ3) is 7.05. The molecule has 2 heterocycles. The first-order chi connectivity index (χ1) is 14.1. The van der Waals surface area contributed by atoms with Crippen LogP contribution in [0.1, 0.15) is 38.8 Å². The monoisotopic (exact) mass is 422 g/mol. The van der Waals surface area contributed by atoms with Gasteiger partial charge >= 0.3 is 11.9 Å². The summed E-state index contributed by atoms with van der Waals surface area (Å²) < 4.78 is 32.6. The number of hydrogen-bond acceptors (Lipinski definition) is 8. The zero-order valence-electron chi connectivity index (χ0n) is 18.0. The predicted molar refractivity (Wildman–Crippen MR) is 106 cm³/mol. The number of esters is 2. The van der Waals surface area contributed by atoms with Crippen LogP contribution in [-0.2, 0) is 50.9 Å². The van der Waals surface area contributed by atoms with Gasteiger partial charge in [0.1, 0.15) is 25.4 Å². The van der Waals surface area contributed by atoms with E-state index in [0.717, 1.165) is 11.1 Å². The Kier molecular flexibility index (Phi) is 7.13. The Morgan fingerprint density at radius 1 is 0.800 bits per heavy atom. The second-order valence-electron chi connectivity index (χ2n) is 8.44. The minimum Gasteiger partial charge on any atom is -0.463 e. The van der Waals surface area contributed by atoms with Gasteiger partial charge in [-0.2, -0.15) is 0 Å². The van der Waals surface area contributed by atoms with Crippen molar-refractivity contribution < 1.29 is 38.0 Å². The number of benzene rings is 1. The lowest BCUT2D eigenvalue weighted by molar-refractivity contribution is -0.157. The molecule has 3 rings (SSSR count). The fourth-order valence-corrected chi connectivity index (χ4v) is 3.27. The van der Waals surface area contributed by atoms with Gasteiger partial charge in [-0.05, 0) is 38.8 Å². The van der Waals surface area contributed by atoms with Crippen molar-refractivity contribution in [3.05, 3.63) is 35.4 Å². The van der Waals surface area contributed by atoms with Crippen LogP contribution < -0.4 is 0 Å². The van der Waals surface area contributed by atoms with Crippen molar-refractivity contribution in [3.8, 4) is 0 Å². The largest absolute Gasteiger partial charge is 0.463 e. The second-order valence-corrected chi connectivity index (χ2v) is 8.44. The molecule has 2 aliphatic rings. The molecule has 30 heavy (non-hydrogen) atoms. The van der Waals surface area contributed by atoms with E-state index in [4.69, 9.17) is 28.4 Å². The first-order valence-corrected chi connectivity index (χ1v) is 10.1. The minimum atomic E-state index is -0.636. The molecule has 2 fully saturated rings. The summed E-state index contributed by atoms with van der Waals surface area (Å²) in [6.45, 7) is 8.44. The predicted octanol–water partition coefficient (Wildman–Crippen LogP) is 2.16. The van der Waals surface area contributed by atoms with E-state index in [-0.39, 0.29) is 50.2 Å². The summed E-state index contributed by atoms with van der Waals surface area (Å²) in [6.07, 6.45) is -0.193. The molecule has 2 unspecified atom stereocenters. The molecule has 2 saturated heterocycles. The van der Waals surface area contributed by atoms with Crippen LogP contribution in [0, 0.1) is 0 Å². The van der Waals surface area contributed by atoms with Crippen molar-refractivity contribution >= 4 is 11.9 Å². The molecule has 0 amide bonds. The van der Waals surface area contributed by atoms with Crippen LogP contribution in [0.3, 0.4) is 0 Å². The maximum absolute atomic E-state index is 12.0. The second kappa shape index (κ2) is 9.43. The molecule has 0 saturated carbocycles. The van der Waals surface area contributed by atoms with Gasteiger partial charge in [0.2, 0.25) is 0 Å². The Morgan fingerprint density at radius 2 is 1.17 bits per heavy atom. The molecule has 0 aliphatic carbocycles. The van der Waals surface area contributed by atoms with Crippen molar-refractivity contribution in [2.75, 3.05) is 26.4 Å². The summed E-state index contributed by atoms with van der Waals surface area (Å²) in [6, 6.07) is 7.22. The zero-order valence-corrected chi connectivity index (χ0v) is 18.0. The number of rotatable bonds is 8. The van der Waals surface area contributed by atoms with Crippen LogP contribution in [0.15, 0.2) is 24.3 Å². The van der Waals surface area contributed by atoms with Gasteiger partial charge < -0.3 is 28.4 Å². The van der Waals surface area contributed by atoms with Gasteiger partial charge in [0.15, 0.2) is 11.6 Å². The highest BCUT2D eigenvalue weighted by atomic mass is 16.8. The van der Waals surface area contributed by atoms with Crippen molar-refractivity contribution in [3.63, 3.8) is 0 Å². The number of ether oxygens (including phenoxy) is 6. The molecule has 1 aromatic rings. The summed E-state index contributed by atoms with van der Waals surface area (Å²) in [7, 11) is 0. The third-order valence-electron chi connectivity index (χ3n) is 4.71. The number of carbonyl (C=O) groups excluding carboxylic acids is 2. The Hall–Kier alpha value is -2.00. The van der Waals surface area contributed by atoms with Crippen molar-refractivity contribution in [1.29, 1.82) is 0 Å². The van der Waals surface area contributed by atoms with Gasteiger partial charge in [0.25, 0.3) is 0 Å². The third-order valence-corrected chi connectivity index (χ3v) is 4.71. The average Bonchev–Trinajstić information content (AvgIpc) is 3.20. The Morgan fingerprint density at radius 3 is 1.47 bits per heavy atom. The van der Waals surface area contributed by atoms with Crippen LogP contribution >= 0.6 is 0 Å². The topological polar surface area (TPSA) is 89.5 Å². The summed E-state index contributed by atoms with van der Waals surface area (Å²) >= 11 is 0. The Bertz CT molecular complexity index is 677. The Labute approximate surface area is 176 Å². The lowest BCUT2D eigenvalue weighted by atomic mass is 10.1. The normalized spacial score (nSPS) is 24.5. The summed E-state index contributed by atoms with van der Waals surface area (Å²) in [5.41, 5.74) is 1.61. The van der Waals surface area contributed by atoms with E-state index in [1.54, 1.807) is 24.3 Å². The van der Waals surface area contributed by atoms with Gasteiger partial charge in [-0.15, -0.1) is 0 Å². The molecule has 0 spiro atoms. The number of hydrogen-bond donors (Lipinski definition) is 0. The number of carbonyl (C=O) groups is 2. The van der Waals surface area contributed by atoms with Crippen molar-refractivity contribution in [2.24, 2.45) is 0 Å². The van der Waals surface area contributed by atoms with E-state index in [2.05, 4.69) is 0 Å². The molecule has 0 radical (unpaired) electrons. The minimum absolute atomic E-state index is 0.149. The molecule has 0 N–H and O–H groups in total. The van der Waals surface area contributed by atoms with E-state index in [9.17, 15) is 9.59 Å². The lowest BCUT2D eigenvalue weighted by Crippen LogP contribution is -2.25. The van der Waals surface area contributed by atoms with E-state index < -0.39 is 11.6 Å². The van der Waals surface area contributed by atoms with Crippen molar-refractivity contribution in [2.45, 2.75) is 64.3 Å². The van der Waals surface area contributed by atoms with E-state index in [0.29, 0.717) is 13.2 Å². The molecular weight excluding hydrogens is 392 g/mol. The highest BCUT2D eigenvalue weighted by molar-refractivity contribution is 5.74. The molecule has 0 aromatic heterocycles. The molecule has 2 atom stereocenters. The molecule has 2 aliphatic heterocycles. The van der Waals surface area contributed by atoms with Gasteiger partial charge in [-0.3, -0.25) is 9.59 Å². The van der Waals surface area contributed by atoms with E-state index >= 15 is 0 Å². The van der Waals surface area contributed by atoms with Crippen LogP contribution in [-0.4, -0.2) is 62.1 Å². The summed E-state index contributed by atoms with van der Waals surface area (Å²) in [5, 5.41) is 0. The highest BCUT2D eigenvalue weighted by Crippen LogP contribution is 2.23. The fraction of sp³-hybridized carbons (Fsp3) is 0.636. The van der Waals surface area contributed by atoms with Crippen LogP contribution in [0.4, 0.5) is 0 Å². The van der Waals surface area contributed by atoms with Gasteiger partial charge in [0.05, 0.1) is 26.1 Å². The van der Waals surface area contributed by atoms with E-state index in [1.807, 2.05) is 27.7 Å². The standard InChI is InChI=1S/C22H30O8/c1-21(2)27-13-17(29-21)11-25-19(23)9-15-5-7-16(8-6-15)10-20(24)26-12-18-14-28-22(3,4)30-18/h5-8,17-18H,9-14H2,1-4H3. The molecule has 0 bridgehead atoms. The van der Waals surface area contributed by atoms with E-state index in [1.165, 1.54) is 0 Å². The molecule has 166 valence electrons. The summed E-state index contributed by atoms with van der Waals surface area (Å²) in [5.74, 6) is -1.94. The first-order valence-electron chi connectivity index (χ1n) is 10.1. The van der Waals surface area contributed by atoms with Crippen LogP contribution in [0.25, 0.3) is 0 Å². The molecule has 8 nitrogen and oxygen atoms in total. The zero-order chi connectivity index (χ0) is 21.8. The quantitative estimate of drug-likeness (QED) is 0.589. The van der Waals surface area contributed by atoms with Gasteiger partial charge in [-0.1, -0.05) is 24.3 Å². The Balaban J connectivity index is 1.36. The first kappa shape index (κ1) is 22.7. The average molecular weight is 422 g/mol. The maximum Gasteiger partial charge on any atom is 0.310 e. The lowest BCUT2D eigenvalue weighted by Gasteiger charge is -2.17. The maximum atomic E-state index is 12.0. The smallest absolute Gasteiger partial charge is 0.310 e. The molecule has 1 aromatic carbocycles. The van der Waals surface area contributed by atoms with Crippen LogP contribution in [0.5, 0.6) is 0 Å². The van der Waals surface area contributed by atoms with Crippen molar-refractivity contribution in [1.82, 2.24) is 0 Å². The molecular formula is C22H30O8. The molecule has 8 heteroatoms. The van der Waals surface area contributed by atoms with Gasteiger partial charge in [0, 0.05) is 0 Å². The van der Waals surface area contributed by atoms with Crippen LogP contribution in [0.2, 0.25) is 0 Å². The SMILES string of the molecule is CC1(C)OCC(COC(=O)Cc2ccc(CC(=O)OCC3COC(C)(C)O3)cc2)O1. The fourth-order valence-electron chi connectivity index (χ4n) is 3.27. The van der Waals surface area contributed by atoms with Gasteiger partial charge in [-0.25, -0.2) is 0 Å². The highest BCUT2D eigenvalue weighted by Gasteiger charge is 2.34.